The number of carbonyl (C=O) groups excluding carboxylic acids is 3. The summed E-state index contributed by atoms with van der Waals surface area (Å²) in [4.78, 5) is 36.1. The van der Waals surface area contributed by atoms with E-state index >= 15 is 0 Å². The molecule has 2 fully saturated rings. The summed E-state index contributed by atoms with van der Waals surface area (Å²) in [6.07, 6.45) is -3.61. The molecule has 0 saturated carbocycles. The maximum Gasteiger partial charge on any atom is 0.405 e. The summed E-state index contributed by atoms with van der Waals surface area (Å²) in [7, 11) is 0. The van der Waals surface area contributed by atoms with E-state index in [1.165, 1.54) is 0 Å². The summed E-state index contributed by atoms with van der Waals surface area (Å²) in [6.45, 7) is -2.19. The summed E-state index contributed by atoms with van der Waals surface area (Å²) in [5.41, 5.74) is -0.993. The lowest BCUT2D eigenvalue weighted by Crippen LogP contribution is -2.50. The Bertz CT molecular complexity index is 463. The zero-order valence-electron chi connectivity index (χ0n) is 11.0. The predicted octanol–water partition coefficient (Wildman–Crippen LogP) is 0.482. The number of hydrogen-bond donors (Lipinski definition) is 2. The summed E-state index contributed by atoms with van der Waals surface area (Å²) >= 11 is 1.66. The molecule has 0 unspecified atom stereocenters. The van der Waals surface area contributed by atoms with Gasteiger partial charge < -0.3 is 10.6 Å². The van der Waals surface area contributed by atoms with Gasteiger partial charge in [-0.1, -0.05) is 0 Å². The van der Waals surface area contributed by atoms with E-state index in [0.717, 1.165) is 0 Å². The molecule has 2 rings (SSSR count). The van der Waals surface area contributed by atoms with Gasteiger partial charge in [0, 0.05) is 0 Å². The van der Waals surface area contributed by atoms with Gasteiger partial charge in [-0.05, 0) is 24.3 Å². The Labute approximate surface area is 122 Å². The van der Waals surface area contributed by atoms with Crippen molar-refractivity contribution in [1.29, 1.82) is 0 Å². The number of thioether (sulfide) groups is 1. The molecule has 2 heterocycles. The summed E-state index contributed by atoms with van der Waals surface area (Å²) < 4.78 is 36.0. The highest BCUT2D eigenvalue weighted by molar-refractivity contribution is 7.99. The van der Waals surface area contributed by atoms with Crippen molar-refractivity contribution in [2.45, 2.75) is 24.6 Å². The molecule has 0 aromatic rings. The third-order valence-electron chi connectivity index (χ3n) is 3.38. The molecule has 1 spiro atoms. The molecule has 6 nitrogen and oxygen atoms in total. The Morgan fingerprint density at radius 2 is 1.95 bits per heavy atom. The van der Waals surface area contributed by atoms with E-state index in [9.17, 15) is 27.6 Å². The normalized spacial score (nSPS) is 21.6. The Morgan fingerprint density at radius 1 is 1.33 bits per heavy atom. The van der Waals surface area contributed by atoms with Gasteiger partial charge in [0.05, 0.1) is 0 Å². The van der Waals surface area contributed by atoms with Gasteiger partial charge in [-0.25, -0.2) is 4.79 Å². The SMILES string of the molecule is O=C(CN1C(=O)NC2(CCSCC2)C1=O)NCC(F)(F)F. The van der Waals surface area contributed by atoms with Crippen molar-refractivity contribution in [2.75, 3.05) is 24.6 Å². The third kappa shape index (κ3) is 3.60. The van der Waals surface area contributed by atoms with Crippen molar-refractivity contribution in [3.05, 3.63) is 0 Å². The molecule has 10 heteroatoms. The van der Waals surface area contributed by atoms with Crippen molar-refractivity contribution >= 4 is 29.6 Å². The Morgan fingerprint density at radius 3 is 2.52 bits per heavy atom. The van der Waals surface area contributed by atoms with Gasteiger partial charge in [-0.15, -0.1) is 0 Å². The van der Waals surface area contributed by atoms with E-state index in [0.29, 0.717) is 29.2 Å². The third-order valence-corrected chi connectivity index (χ3v) is 4.37. The fourth-order valence-electron chi connectivity index (χ4n) is 2.28. The molecule has 2 saturated heterocycles. The molecule has 0 aliphatic carbocycles. The molecular weight excluding hydrogens is 311 g/mol. The summed E-state index contributed by atoms with van der Waals surface area (Å²) in [6, 6.07) is -0.728. The van der Waals surface area contributed by atoms with Crippen LogP contribution in [0.3, 0.4) is 0 Å². The van der Waals surface area contributed by atoms with Crippen LogP contribution >= 0.6 is 11.8 Å². The van der Waals surface area contributed by atoms with Gasteiger partial charge in [0.2, 0.25) is 5.91 Å². The van der Waals surface area contributed by atoms with Crippen LogP contribution < -0.4 is 10.6 Å². The summed E-state index contributed by atoms with van der Waals surface area (Å²) in [5.74, 6) is -0.131. The highest BCUT2D eigenvalue weighted by Crippen LogP contribution is 2.32. The van der Waals surface area contributed by atoms with Crippen LogP contribution in [0, 0.1) is 0 Å². The van der Waals surface area contributed by atoms with E-state index in [1.807, 2.05) is 0 Å². The Hall–Kier alpha value is -1.45. The van der Waals surface area contributed by atoms with Crippen LogP contribution in [-0.2, 0) is 9.59 Å². The number of urea groups is 1. The molecule has 2 N–H and O–H groups in total. The average molecular weight is 325 g/mol. The second-order valence-corrected chi connectivity index (χ2v) is 6.13. The van der Waals surface area contributed by atoms with Crippen LogP contribution in [0.15, 0.2) is 0 Å². The molecule has 0 bridgehead atoms. The molecular formula is C11H14F3N3O3S. The minimum Gasteiger partial charge on any atom is -0.345 e. The smallest absolute Gasteiger partial charge is 0.345 e. The lowest BCUT2D eigenvalue weighted by atomic mass is 9.92. The fraction of sp³-hybridized carbons (Fsp3) is 0.727. The zero-order chi connectivity index (χ0) is 15.7. The highest BCUT2D eigenvalue weighted by Gasteiger charge is 2.51. The molecule has 0 atom stereocenters. The fourth-order valence-corrected chi connectivity index (χ4v) is 3.47. The van der Waals surface area contributed by atoms with Gasteiger partial charge >= 0.3 is 12.2 Å². The number of nitrogens with zero attached hydrogens (tertiary/aromatic N) is 1. The van der Waals surface area contributed by atoms with E-state index in [-0.39, 0.29) is 0 Å². The van der Waals surface area contributed by atoms with Crippen LogP contribution in [0.5, 0.6) is 0 Å². The van der Waals surface area contributed by atoms with Gasteiger partial charge in [-0.2, -0.15) is 24.9 Å². The molecule has 21 heavy (non-hydrogen) atoms. The highest BCUT2D eigenvalue weighted by atomic mass is 32.2. The van der Waals surface area contributed by atoms with E-state index < -0.39 is 42.7 Å². The first kappa shape index (κ1) is 15.9. The van der Waals surface area contributed by atoms with Crippen molar-refractivity contribution in [3.63, 3.8) is 0 Å². The van der Waals surface area contributed by atoms with Crippen molar-refractivity contribution in [1.82, 2.24) is 15.5 Å². The number of carbonyl (C=O) groups is 3. The van der Waals surface area contributed by atoms with E-state index in [1.54, 1.807) is 17.1 Å². The molecule has 2 aliphatic heterocycles. The number of hydrogen-bond acceptors (Lipinski definition) is 4. The topological polar surface area (TPSA) is 78.5 Å². The molecule has 4 amide bonds. The maximum absolute atomic E-state index is 12.3. The van der Waals surface area contributed by atoms with Crippen molar-refractivity contribution in [2.24, 2.45) is 0 Å². The first-order valence-corrected chi connectivity index (χ1v) is 7.44. The second-order valence-electron chi connectivity index (χ2n) is 4.91. The minimum absolute atomic E-state index is 0.461. The zero-order valence-corrected chi connectivity index (χ0v) is 11.8. The second kappa shape index (κ2) is 5.74. The van der Waals surface area contributed by atoms with Crippen LogP contribution in [0.25, 0.3) is 0 Å². The van der Waals surface area contributed by atoms with E-state index in [2.05, 4.69) is 5.32 Å². The van der Waals surface area contributed by atoms with Crippen LogP contribution in [0.1, 0.15) is 12.8 Å². The Balaban J connectivity index is 1.96. The van der Waals surface area contributed by atoms with Crippen molar-refractivity contribution in [3.8, 4) is 0 Å². The first-order valence-electron chi connectivity index (χ1n) is 6.29. The predicted molar refractivity (Wildman–Crippen MR) is 68.6 cm³/mol. The number of alkyl halides is 3. The van der Waals surface area contributed by atoms with Crippen molar-refractivity contribution < 1.29 is 27.6 Å². The van der Waals surface area contributed by atoms with Crippen LogP contribution in [0.2, 0.25) is 0 Å². The molecule has 0 radical (unpaired) electrons. The maximum atomic E-state index is 12.3. The largest absolute Gasteiger partial charge is 0.405 e. The lowest BCUT2D eigenvalue weighted by molar-refractivity contribution is -0.141. The number of halogens is 3. The number of rotatable bonds is 3. The number of amides is 4. The Kier molecular flexibility index (Phi) is 4.35. The summed E-state index contributed by atoms with van der Waals surface area (Å²) in [5, 5.41) is 4.21. The van der Waals surface area contributed by atoms with Gasteiger partial charge in [0.25, 0.3) is 5.91 Å². The standard InChI is InChI=1S/C11H14F3N3O3S/c12-11(13,14)6-15-7(18)5-17-8(19)10(16-9(17)20)1-3-21-4-2-10/h1-6H2,(H,15,18)(H,16,20). The monoisotopic (exact) mass is 325 g/mol. The molecule has 118 valence electrons. The molecule has 2 aliphatic rings. The van der Waals surface area contributed by atoms with Crippen LogP contribution in [0.4, 0.5) is 18.0 Å². The molecule has 0 aromatic carbocycles. The van der Waals surface area contributed by atoms with Gasteiger partial charge in [0.15, 0.2) is 0 Å². The average Bonchev–Trinajstić information content (AvgIpc) is 2.61. The number of imide groups is 1. The van der Waals surface area contributed by atoms with Gasteiger partial charge in [0.1, 0.15) is 18.6 Å². The van der Waals surface area contributed by atoms with Gasteiger partial charge in [-0.3, -0.25) is 14.5 Å². The van der Waals surface area contributed by atoms with E-state index in [4.69, 9.17) is 0 Å². The molecule has 0 aromatic heterocycles. The lowest BCUT2D eigenvalue weighted by Gasteiger charge is -2.30. The quantitative estimate of drug-likeness (QED) is 0.740. The number of nitrogens with one attached hydrogen (secondary N) is 2. The van der Waals surface area contributed by atoms with Crippen LogP contribution in [-0.4, -0.2) is 59.1 Å². The first-order chi connectivity index (χ1) is 9.73. The minimum atomic E-state index is -4.53.